The molecule has 2 amide bonds. The van der Waals surface area contributed by atoms with Crippen molar-refractivity contribution in [2.75, 3.05) is 40.4 Å². The minimum absolute atomic E-state index is 0.00912. The van der Waals surface area contributed by atoms with E-state index in [1.165, 1.54) is 0 Å². The highest BCUT2D eigenvalue weighted by atomic mass is 16.5. The van der Waals surface area contributed by atoms with Crippen molar-refractivity contribution in [3.63, 3.8) is 0 Å². The fourth-order valence-corrected chi connectivity index (χ4v) is 2.89. The molecular weight excluding hydrogens is 246 g/mol. The molecule has 2 rings (SSSR count). The van der Waals surface area contributed by atoms with Gasteiger partial charge in [-0.25, -0.2) is 0 Å². The van der Waals surface area contributed by atoms with Crippen molar-refractivity contribution in [1.29, 1.82) is 0 Å². The van der Waals surface area contributed by atoms with Crippen LogP contribution in [0.3, 0.4) is 0 Å². The van der Waals surface area contributed by atoms with Crippen LogP contribution in [0.15, 0.2) is 0 Å². The molecule has 0 saturated carbocycles. The maximum absolute atomic E-state index is 12.5. The SMILES string of the molecule is COCC1(C(=O)NC2CCN(C)C2=O)CCNCC1. The number of carbonyl (C=O) groups is 2. The van der Waals surface area contributed by atoms with Crippen molar-refractivity contribution in [3.8, 4) is 0 Å². The van der Waals surface area contributed by atoms with E-state index >= 15 is 0 Å². The first-order chi connectivity index (χ1) is 9.09. The molecule has 0 aliphatic carbocycles. The summed E-state index contributed by atoms with van der Waals surface area (Å²) in [6.07, 6.45) is 2.20. The zero-order chi connectivity index (χ0) is 13.9. The maximum Gasteiger partial charge on any atom is 0.244 e. The van der Waals surface area contributed by atoms with E-state index < -0.39 is 5.41 Å². The van der Waals surface area contributed by atoms with Gasteiger partial charge in [0.05, 0.1) is 12.0 Å². The lowest BCUT2D eigenvalue weighted by Gasteiger charge is -2.36. The summed E-state index contributed by atoms with van der Waals surface area (Å²) < 4.78 is 5.23. The second-order valence-electron chi connectivity index (χ2n) is 5.54. The Balaban J connectivity index is 2.01. The molecule has 0 aromatic heterocycles. The summed E-state index contributed by atoms with van der Waals surface area (Å²) in [6, 6.07) is -0.360. The van der Waals surface area contributed by atoms with E-state index in [9.17, 15) is 9.59 Å². The van der Waals surface area contributed by atoms with E-state index in [0.29, 0.717) is 19.6 Å². The van der Waals surface area contributed by atoms with Gasteiger partial charge >= 0.3 is 0 Å². The average Bonchev–Trinajstić information content (AvgIpc) is 2.72. The van der Waals surface area contributed by atoms with Crippen molar-refractivity contribution in [3.05, 3.63) is 0 Å². The number of likely N-dealkylation sites (tertiary alicyclic amines) is 1. The summed E-state index contributed by atoms with van der Waals surface area (Å²) in [6.45, 7) is 2.75. The number of nitrogens with zero attached hydrogens (tertiary/aromatic N) is 1. The third-order valence-electron chi connectivity index (χ3n) is 4.20. The molecule has 6 heteroatoms. The van der Waals surface area contributed by atoms with Crippen LogP contribution in [0.2, 0.25) is 0 Å². The standard InChI is InChI=1S/C13H23N3O3/c1-16-8-3-10(11(16)17)15-12(18)13(9-19-2)4-6-14-7-5-13/h10,14H,3-9H2,1-2H3,(H,15,18). The molecule has 0 radical (unpaired) electrons. The van der Waals surface area contributed by atoms with Gasteiger partial charge in [0.25, 0.3) is 0 Å². The molecule has 108 valence electrons. The minimum Gasteiger partial charge on any atom is -0.384 e. The summed E-state index contributed by atoms with van der Waals surface area (Å²) in [5, 5.41) is 6.17. The minimum atomic E-state index is -0.485. The Bertz CT molecular complexity index is 348. The van der Waals surface area contributed by atoms with Gasteiger partial charge in [0.15, 0.2) is 0 Å². The van der Waals surface area contributed by atoms with E-state index in [2.05, 4.69) is 10.6 Å². The highest BCUT2D eigenvalue weighted by Crippen LogP contribution is 2.30. The van der Waals surface area contributed by atoms with Gasteiger partial charge in [-0.15, -0.1) is 0 Å². The lowest BCUT2D eigenvalue weighted by Crippen LogP contribution is -2.53. The molecule has 1 unspecified atom stereocenters. The predicted molar refractivity (Wildman–Crippen MR) is 70.6 cm³/mol. The van der Waals surface area contributed by atoms with Crippen LogP contribution < -0.4 is 10.6 Å². The highest BCUT2D eigenvalue weighted by Gasteiger charge is 2.42. The van der Waals surface area contributed by atoms with Crippen LogP contribution in [0.25, 0.3) is 0 Å². The van der Waals surface area contributed by atoms with Gasteiger partial charge in [0, 0.05) is 20.7 Å². The third-order valence-corrected chi connectivity index (χ3v) is 4.20. The Morgan fingerprint density at radius 2 is 2.21 bits per heavy atom. The molecule has 2 aliphatic rings. The van der Waals surface area contributed by atoms with Gasteiger partial charge in [0.1, 0.15) is 6.04 Å². The highest BCUT2D eigenvalue weighted by molar-refractivity contribution is 5.91. The van der Waals surface area contributed by atoms with Crippen molar-refractivity contribution >= 4 is 11.8 Å². The first kappa shape index (κ1) is 14.3. The number of nitrogens with one attached hydrogen (secondary N) is 2. The summed E-state index contributed by atoms with van der Waals surface area (Å²) in [5.74, 6) is -0.0284. The van der Waals surface area contributed by atoms with Crippen molar-refractivity contribution in [1.82, 2.24) is 15.5 Å². The Morgan fingerprint density at radius 1 is 1.53 bits per heavy atom. The van der Waals surface area contributed by atoms with Crippen LogP contribution in [0.1, 0.15) is 19.3 Å². The molecule has 0 bridgehead atoms. The summed E-state index contributed by atoms with van der Waals surface area (Å²) in [4.78, 5) is 26.0. The lowest BCUT2D eigenvalue weighted by molar-refractivity contribution is -0.140. The number of piperidine rings is 1. The molecule has 2 saturated heterocycles. The molecule has 2 N–H and O–H groups in total. The number of likely N-dealkylation sites (N-methyl/N-ethyl adjacent to an activating group) is 1. The molecule has 6 nitrogen and oxygen atoms in total. The van der Waals surface area contributed by atoms with Crippen LogP contribution in [-0.4, -0.2) is 63.2 Å². The summed E-state index contributed by atoms with van der Waals surface area (Å²) in [7, 11) is 3.38. The molecular formula is C13H23N3O3. The van der Waals surface area contributed by atoms with E-state index in [1.807, 2.05) is 0 Å². The van der Waals surface area contributed by atoms with Crippen LogP contribution in [0, 0.1) is 5.41 Å². The average molecular weight is 269 g/mol. The maximum atomic E-state index is 12.5. The van der Waals surface area contributed by atoms with Gasteiger partial charge in [0.2, 0.25) is 11.8 Å². The Labute approximate surface area is 113 Å². The van der Waals surface area contributed by atoms with Crippen molar-refractivity contribution in [2.24, 2.45) is 5.41 Å². The van der Waals surface area contributed by atoms with E-state index in [4.69, 9.17) is 4.74 Å². The molecule has 0 aromatic carbocycles. The lowest BCUT2D eigenvalue weighted by atomic mass is 9.78. The summed E-state index contributed by atoms with van der Waals surface area (Å²) in [5.41, 5.74) is -0.485. The Kier molecular flexibility index (Phi) is 4.42. The van der Waals surface area contributed by atoms with Gasteiger partial charge in [-0.05, 0) is 32.4 Å². The van der Waals surface area contributed by atoms with Crippen LogP contribution >= 0.6 is 0 Å². The normalized spacial score (nSPS) is 26.5. The van der Waals surface area contributed by atoms with Gasteiger partial charge in [-0.1, -0.05) is 0 Å². The Hall–Kier alpha value is -1.14. The van der Waals surface area contributed by atoms with Gasteiger partial charge in [-0.2, -0.15) is 0 Å². The number of hydrogen-bond donors (Lipinski definition) is 2. The molecule has 19 heavy (non-hydrogen) atoms. The molecule has 2 fully saturated rings. The van der Waals surface area contributed by atoms with E-state index in [-0.39, 0.29) is 17.9 Å². The second-order valence-corrected chi connectivity index (χ2v) is 5.54. The number of carbonyl (C=O) groups excluding carboxylic acids is 2. The quantitative estimate of drug-likeness (QED) is 0.711. The number of hydrogen-bond acceptors (Lipinski definition) is 4. The van der Waals surface area contributed by atoms with Crippen molar-refractivity contribution < 1.29 is 14.3 Å². The molecule has 0 spiro atoms. The molecule has 2 aliphatic heterocycles. The largest absolute Gasteiger partial charge is 0.384 e. The van der Waals surface area contributed by atoms with Gasteiger partial charge < -0.3 is 20.3 Å². The van der Waals surface area contributed by atoms with E-state index in [0.717, 1.165) is 25.9 Å². The topological polar surface area (TPSA) is 70.7 Å². The number of ether oxygens (including phenoxy) is 1. The van der Waals surface area contributed by atoms with E-state index in [1.54, 1.807) is 19.1 Å². The van der Waals surface area contributed by atoms with Gasteiger partial charge in [-0.3, -0.25) is 9.59 Å². The fourth-order valence-electron chi connectivity index (χ4n) is 2.89. The monoisotopic (exact) mass is 269 g/mol. The molecule has 0 aromatic rings. The molecule has 2 heterocycles. The molecule has 1 atom stereocenters. The smallest absolute Gasteiger partial charge is 0.244 e. The van der Waals surface area contributed by atoms with Crippen LogP contribution in [0.4, 0.5) is 0 Å². The number of amides is 2. The van der Waals surface area contributed by atoms with Crippen LogP contribution in [0.5, 0.6) is 0 Å². The zero-order valence-electron chi connectivity index (χ0n) is 11.7. The van der Waals surface area contributed by atoms with Crippen LogP contribution in [-0.2, 0) is 14.3 Å². The second kappa shape index (κ2) is 5.88. The number of methoxy groups -OCH3 is 1. The zero-order valence-corrected chi connectivity index (χ0v) is 11.7. The van der Waals surface area contributed by atoms with Crippen molar-refractivity contribution in [2.45, 2.75) is 25.3 Å². The first-order valence-electron chi connectivity index (χ1n) is 6.85. The fraction of sp³-hybridized carbons (Fsp3) is 0.846. The Morgan fingerprint density at radius 3 is 2.74 bits per heavy atom. The summed E-state index contributed by atoms with van der Waals surface area (Å²) >= 11 is 0. The third kappa shape index (κ3) is 2.90. The first-order valence-corrected chi connectivity index (χ1v) is 6.85. The number of rotatable bonds is 4. The predicted octanol–water partition coefficient (Wildman–Crippen LogP) is -0.650.